The molecule has 1 aromatic carbocycles. The highest BCUT2D eigenvalue weighted by molar-refractivity contribution is 7.20. The minimum absolute atomic E-state index is 0.999. The van der Waals surface area contributed by atoms with E-state index in [1.54, 1.807) is 11.3 Å². The first-order chi connectivity index (χ1) is 8.92. The molecule has 0 aliphatic heterocycles. The molecule has 4 rings (SSSR count). The Morgan fingerprint density at radius 2 is 2.00 bits per heavy atom. The number of para-hydroxylation sites is 1. The summed E-state index contributed by atoms with van der Waals surface area (Å²) >= 11 is 1.72. The van der Waals surface area contributed by atoms with Gasteiger partial charge in [-0.25, -0.2) is 9.67 Å². The molecule has 18 heavy (non-hydrogen) atoms. The molecule has 3 nitrogen and oxygen atoms in total. The first-order valence-electron chi connectivity index (χ1n) is 6.33. The summed E-state index contributed by atoms with van der Waals surface area (Å²) in [7, 11) is 0. The molecule has 0 N–H and O–H groups in total. The van der Waals surface area contributed by atoms with Crippen molar-refractivity contribution in [3.63, 3.8) is 0 Å². The molecule has 2 heterocycles. The molecule has 0 saturated heterocycles. The average Bonchev–Trinajstić information content (AvgIpc) is 3.02. The Labute approximate surface area is 109 Å². The van der Waals surface area contributed by atoms with Crippen molar-refractivity contribution in [1.29, 1.82) is 0 Å². The summed E-state index contributed by atoms with van der Waals surface area (Å²) in [5.74, 6) is 0. The van der Waals surface area contributed by atoms with Gasteiger partial charge in [0.25, 0.3) is 0 Å². The average molecular weight is 255 g/mol. The standard InChI is InChI=1S/C14H13N3S/c1-3-7-12-10(5-1)9-15-17(12)14-16-11-6-2-4-8-13(11)18-14/h2,4,6,8-9H,1,3,5,7H2. The molecule has 0 amide bonds. The number of thiazole rings is 1. The summed E-state index contributed by atoms with van der Waals surface area (Å²) in [5.41, 5.74) is 3.83. The van der Waals surface area contributed by atoms with Crippen molar-refractivity contribution < 1.29 is 0 Å². The zero-order chi connectivity index (χ0) is 11.9. The third-order valence-electron chi connectivity index (χ3n) is 3.53. The van der Waals surface area contributed by atoms with Crippen LogP contribution in [0.5, 0.6) is 0 Å². The SMILES string of the molecule is c1ccc2sc(-n3ncc4c3CCCC4)nc2c1. The Bertz CT molecular complexity index is 678. The van der Waals surface area contributed by atoms with E-state index >= 15 is 0 Å². The van der Waals surface area contributed by atoms with Crippen LogP contribution in [0.3, 0.4) is 0 Å². The van der Waals surface area contributed by atoms with E-state index in [0.717, 1.165) is 17.1 Å². The first kappa shape index (κ1) is 10.3. The predicted octanol–water partition coefficient (Wildman–Crippen LogP) is 3.36. The molecule has 2 aromatic heterocycles. The summed E-state index contributed by atoms with van der Waals surface area (Å²) in [6, 6.07) is 8.27. The molecule has 3 aromatic rings. The Balaban J connectivity index is 1.89. The summed E-state index contributed by atoms with van der Waals surface area (Å²) in [4.78, 5) is 4.68. The zero-order valence-electron chi connectivity index (χ0n) is 9.97. The van der Waals surface area contributed by atoms with Crippen molar-refractivity contribution >= 4 is 21.6 Å². The van der Waals surface area contributed by atoms with Crippen LogP contribution in [0, 0.1) is 0 Å². The number of hydrogen-bond acceptors (Lipinski definition) is 3. The highest BCUT2D eigenvalue weighted by atomic mass is 32.1. The quantitative estimate of drug-likeness (QED) is 0.667. The van der Waals surface area contributed by atoms with Crippen molar-refractivity contribution in [2.24, 2.45) is 0 Å². The lowest BCUT2D eigenvalue weighted by Gasteiger charge is -2.11. The fourth-order valence-corrected chi connectivity index (χ4v) is 3.56. The second-order valence-corrected chi connectivity index (χ2v) is 5.71. The molecule has 0 spiro atoms. The Hall–Kier alpha value is -1.68. The van der Waals surface area contributed by atoms with Crippen molar-refractivity contribution in [3.8, 4) is 5.13 Å². The maximum absolute atomic E-state index is 4.68. The minimum Gasteiger partial charge on any atom is -0.218 e. The molecule has 4 heteroatoms. The fraction of sp³-hybridized carbons (Fsp3) is 0.286. The molecular weight excluding hydrogens is 242 g/mol. The molecule has 1 aliphatic rings. The topological polar surface area (TPSA) is 30.7 Å². The highest BCUT2D eigenvalue weighted by Crippen LogP contribution is 2.28. The van der Waals surface area contributed by atoms with E-state index in [1.165, 1.54) is 35.2 Å². The van der Waals surface area contributed by atoms with Gasteiger partial charge in [-0.15, -0.1) is 0 Å². The number of aromatic nitrogens is 3. The van der Waals surface area contributed by atoms with Gasteiger partial charge in [0.1, 0.15) is 0 Å². The summed E-state index contributed by atoms with van der Waals surface area (Å²) in [5, 5.41) is 5.53. The van der Waals surface area contributed by atoms with E-state index < -0.39 is 0 Å². The molecule has 0 bridgehead atoms. The molecule has 0 unspecified atom stereocenters. The lowest BCUT2D eigenvalue weighted by atomic mass is 9.98. The van der Waals surface area contributed by atoms with Crippen LogP contribution >= 0.6 is 11.3 Å². The van der Waals surface area contributed by atoms with E-state index in [2.05, 4.69) is 28.3 Å². The van der Waals surface area contributed by atoms with Gasteiger partial charge in [-0.1, -0.05) is 23.5 Å². The second kappa shape index (κ2) is 3.92. The van der Waals surface area contributed by atoms with Crippen LogP contribution in [-0.4, -0.2) is 14.8 Å². The van der Waals surface area contributed by atoms with Gasteiger partial charge in [0.2, 0.25) is 5.13 Å². The van der Waals surface area contributed by atoms with Crippen LogP contribution in [0.15, 0.2) is 30.5 Å². The molecule has 0 atom stereocenters. The molecule has 0 radical (unpaired) electrons. The first-order valence-corrected chi connectivity index (χ1v) is 7.15. The number of hydrogen-bond donors (Lipinski definition) is 0. The van der Waals surface area contributed by atoms with Crippen molar-refractivity contribution in [2.75, 3.05) is 0 Å². The van der Waals surface area contributed by atoms with Gasteiger partial charge in [0, 0.05) is 0 Å². The van der Waals surface area contributed by atoms with Gasteiger partial charge in [-0.05, 0) is 43.4 Å². The Morgan fingerprint density at radius 1 is 1.11 bits per heavy atom. The van der Waals surface area contributed by atoms with E-state index in [4.69, 9.17) is 0 Å². The fourth-order valence-electron chi connectivity index (χ4n) is 2.61. The van der Waals surface area contributed by atoms with E-state index in [1.807, 2.05) is 16.9 Å². The van der Waals surface area contributed by atoms with Gasteiger partial charge >= 0.3 is 0 Å². The summed E-state index contributed by atoms with van der Waals surface area (Å²) in [6.45, 7) is 0. The number of rotatable bonds is 1. The largest absolute Gasteiger partial charge is 0.218 e. The molecule has 0 saturated carbocycles. The minimum atomic E-state index is 0.999. The van der Waals surface area contributed by atoms with Crippen molar-refractivity contribution in [2.45, 2.75) is 25.7 Å². The van der Waals surface area contributed by atoms with Crippen LogP contribution in [0.1, 0.15) is 24.1 Å². The third-order valence-corrected chi connectivity index (χ3v) is 4.54. The summed E-state index contributed by atoms with van der Waals surface area (Å²) < 4.78 is 3.27. The number of fused-ring (bicyclic) bond motifs is 2. The monoisotopic (exact) mass is 255 g/mol. The van der Waals surface area contributed by atoms with Crippen LogP contribution < -0.4 is 0 Å². The molecule has 90 valence electrons. The molecule has 1 aliphatic carbocycles. The third kappa shape index (κ3) is 1.49. The lowest BCUT2D eigenvalue weighted by molar-refractivity contribution is 0.652. The number of nitrogens with zero attached hydrogens (tertiary/aromatic N) is 3. The Morgan fingerprint density at radius 3 is 2.94 bits per heavy atom. The second-order valence-electron chi connectivity index (χ2n) is 4.70. The molecular formula is C14H13N3S. The van der Waals surface area contributed by atoms with Gasteiger partial charge in [0.15, 0.2) is 0 Å². The van der Waals surface area contributed by atoms with Crippen LogP contribution in [0.4, 0.5) is 0 Å². The Kier molecular flexibility index (Phi) is 2.23. The van der Waals surface area contributed by atoms with Crippen LogP contribution in [0.25, 0.3) is 15.3 Å². The predicted molar refractivity (Wildman–Crippen MR) is 73.4 cm³/mol. The van der Waals surface area contributed by atoms with Crippen LogP contribution in [-0.2, 0) is 12.8 Å². The van der Waals surface area contributed by atoms with Crippen molar-refractivity contribution in [3.05, 3.63) is 41.7 Å². The van der Waals surface area contributed by atoms with Crippen LogP contribution in [0.2, 0.25) is 0 Å². The number of benzene rings is 1. The van der Waals surface area contributed by atoms with Gasteiger partial charge in [-0.2, -0.15) is 5.10 Å². The van der Waals surface area contributed by atoms with Gasteiger partial charge in [-0.3, -0.25) is 0 Å². The van der Waals surface area contributed by atoms with Gasteiger partial charge in [0.05, 0.1) is 22.1 Å². The zero-order valence-corrected chi connectivity index (χ0v) is 10.8. The molecule has 0 fully saturated rings. The lowest BCUT2D eigenvalue weighted by Crippen LogP contribution is -2.07. The highest BCUT2D eigenvalue weighted by Gasteiger charge is 2.17. The van der Waals surface area contributed by atoms with E-state index in [9.17, 15) is 0 Å². The number of aryl methyl sites for hydroxylation is 1. The summed E-state index contributed by atoms with van der Waals surface area (Å²) in [6.07, 6.45) is 6.87. The van der Waals surface area contributed by atoms with E-state index in [0.29, 0.717) is 0 Å². The van der Waals surface area contributed by atoms with E-state index in [-0.39, 0.29) is 0 Å². The van der Waals surface area contributed by atoms with Gasteiger partial charge < -0.3 is 0 Å². The van der Waals surface area contributed by atoms with Crippen molar-refractivity contribution in [1.82, 2.24) is 14.8 Å². The maximum atomic E-state index is 4.68. The smallest absolute Gasteiger partial charge is 0.211 e. The normalized spacial score (nSPS) is 14.9. The maximum Gasteiger partial charge on any atom is 0.211 e.